The Labute approximate surface area is 147 Å². The lowest BCUT2D eigenvalue weighted by atomic mass is 10.2. The number of nitrogens with one attached hydrogen (secondary N) is 2. The number of hydrogen-bond donors (Lipinski definition) is 2. The fourth-order valence-electron chi connectivity index (χ4n) is 2.09. The second kappa shape index (κ2) is 8.11. The Hall–Kier alpha value is -2.41. The molecule has 2 rings (SSSR count). The van der Waals surface area contributed by atoms with Gasteiger partial charge in [0.15, 0.2) is 0 Å². The van der Waals surface area contributed by atoms with Gasteiger partial charge in [-0.2, -0.15) is 13.2 Å². The van der Waals surface area contributed by atoms with Gasteiger partial charge in [-0.1, -0.05) is 17.7 Å². The van der Waals surface area contributed by atoms with Crippen molar-refractivity contribution < 1.29 is 22.7 Å². The summed E-state index contributed by atoms with van der Waals surface area (Å²) in [5, 5.41) is 5.88. The van der Waals surface area contributed by atoms with Crippen molar-refractivity contribution in [1.29, 1.82) is 0 Å². The summed E-state index contributed by atoms with van der Waals surface area (Å²) in [5.74, 6) is 0.140. The van der Waals surface area contributed by atoms with E-state index < -0.39 is 17.6 Å². The predicted molar refractivity (Wildman–Crippen MR) is 91.2 cm³/mol. The van der Waals surface area contributed by atoms with Gasteiger partial charge in [-0.05, 0) is 36.4 Å². The van der Waals surface area contributed by atoms with E-state index in [2.05, 4.69) is 10.6 Å². The summed E-state index contributed by atoms with van der Waals surface area (Å²) in [6.07, 6.45) is -4.37. The van der Waals surface area contributed by atoms with E-state index in [4.69, 9.17) is 16.3 Å². The van der Waals surface area contributed by atoms with Crippen LogP contribution in [0.1, 0.15) is 12.0 Å². The second-order valence-electron chi connectivity index (χ2n) is 5.15. The zero-order valence-electron chi connectivity index (χ0n) is 13.3. The molecule has 134 valence electrons. The third kappa shape index (κ3) is 5.56. The molecule has 0 bridgehead atoms. The molecule has 25 heavy (non-hydrogen) atoms. The lowest BCUT2D eigenvalue weighted by Crippen LogP contribution is -2.16. The highest BCUT2D eigenvalue weighted by atomic mass is 35.5. The number of benzene rings is 2. The van der Waals surface area contributed by atoms with E-state index >= 15 is 0 Å². The fourth-order valence-corrected chi connectivity index (χ4v) is 2.35. The number of anilines is 2. The van der Waals surface area contributed by atoms with E-state index in [0.29, 0.717) is 23.0 Å². The SMILES string of the molecule is COc1ccc(NCCC(=O)Nc2cccc(C(F)(F)F)c2)cc1Cl. The molecular weight excluding hydrogens is 357 g/mol. The van der Waals surface area contributed by atoms with E-state index in [1.165, 1.54) is 19.2 Å². The van der Waals surface area contributed by atoms with Crippen molar-refractivity contribution in [2.24, 2.45) is 0 Å². The number of rotatable bonds is 6. The molecule has 2 N–H and O–H groups in total. The smallest absolute Gasteiger partial charge is 0.416 e. The zero-order chi connectivity index (χ0) is 18.4. The maximum atomic E-state index is 12.6. The Balaban J connectivity index is 1.86. The number of ether oxygens (including phenoxy) is 1. The summed E-state index contributed by atoms with van der Waals surface area (Å²) in [5.41, 5.74) is 0.00119. The van der Waals surface area contributed by atoms with Crippen LogP contribution in [0.15, 0.2) is 42.5 Å². The van der Waals surface area contributed by atoms with Gasteiger partial charge in [-0.15, -0.1) is 0 Å². The number of hydrogen-bond acceptors (Lipinski definition) is 3. The Kier molecular flexibility index (Phi) is 6.14. The van der Waals surface area contributed by atoms with Crippen LogP contribution in [-0.2, 0) is 11.0 Å². The maximum absolute atomic E-state index is 12.6. The first kappa shape index (κ1) is 18.9. The van der Waals surface area contributed by atoms with Crippen molar-refractivity contribution in [3.05, 3.63) is 53.1 Å². The molecule has 0 aromatic heterocycles. The number of halogens is 4. The van der Waals surface area contributed by atoms with Gasteiger partial charge in [-0.3, -0.25) is 4.79 Å². The van der Waals surface area contributed by atoms with Gasteiger partial charge >= 0.3 is 6.18 Å². The molecule has 0 radical (unpaired) electrons. The Morgan fingerprint density at radius 3 is 2.56 bits per heavy atom. The van der Waals surface area contributed by atoms with E-state index in [0.717, 1.165) is 12.1 Å². The van der Waals surface area contributed by atoms with Crippen molar-refractivity contribution in [3.63, 3.8) is 0 Å². The molecule has 0 unspecified atom stereocenters. The van der Waals surface area contributed by atoms with Gasteiger partial charge < -0.3 is 15.4 Å². The molecule has 0 aliphatic heterocycles. The molecule has 2 aromatic carbocycles. The highest BCUT2D eigenvalue weighted by Crippen LogP contribution is 2.30. The topological polar surface area (TPSA) is 50.4 Å². The normalized spacial score (nSPS) is 11.1. The first-order valence-corrected chi connectivity index (χ1v) is 7.72. The molecule has 0 heterocycles. The number of carbonyl (C=O) groups is 1. The van der Waals surface area contributed by atoms with E-state index in [1.807, 2.05) is 0 Å². The van der Waals surface area contributed by atoms with Crippen LogP contribution in [0, 0.1) is 0 Å². The Morgan fingerprint density at radius 1 is 1.16 bits per heavy atom. The van der Waals surface area contributed by atoms with Gasteiger partial charge in [0.05, 0.1) is 17.7 Å². The van der Waals surface area contributed by atoms with Crippen LogP contribution in [0.3, 0.4) is 0 Å². The standard InChI is InChI=1S/C17H16ClF3N2O2/c1-25-15-6-5-12(10-14(15)18)22-8-7-16(24)23-13-4-2-3-11(9-13)17(19,20)21/h2-6,9-10,22H,7-8H2,1H3,(H,23,24). The molecule has 0 saturated carbocycles. The monoisotopic (exact) mass is 372 g/mol. The minimum absolute atomic E-state index is 0.0832. The minimum Gasteiger partial charge on any atom is -0.495 e. The number of amides is 1. The average Bonchev–Trinajstić information content (AvgIpc) is 2.54. The van der Waals surface area contributed by atoms with Crippen molar-refractivity contribution in [2.45, 2.75) is 12.6 Å². The average molecular weight is 373 g/mol. The lowest BCUT2D eigenvalue weighted by molar-refractivity contribution is -0.137. The quantitative estimate of drug-likeness (QED) is 0.765. The molecule has 8 heteroatoms. The van der Waals surface area contributed by atoms with Gasteiger partial charge in [-0.25, -0.2) is 0 Å². The molecular formula is C17H16ClF3N2O2. The third-order valence-electron chi connectivity index (χ3n) is 3.31. The summed E-state index contributed by atoms with van der Waals surface area (Å²) in [6.45, 7) is 0.299. The third-order valence-corrected chi connectivity index (χ3v) is 3.60. The minimum atomic E-state index is -4.45. The summed E-state index contributed by atoms with van der Waals surface area (Å²) >= 11 is 5.99. The molecule has 0 saturated heterocycles. The van der Waals surface area contributed by atoms with Crippen LogP contribution in [0.2, 0.25) is 5.02 Å². The molecule has 0 fully saturated rings. The van der Waals surface area contributed by atoms with Crippen molar-refractivity contribution >= 4 is 28.9 Å². The first-order chi connectivity index (χ1) is 11.8. The molecule has 0 spiro atoms. The van der Waals surface area contributed by atoms with Crippen molar-refractivity contribution in [2.75, 3.05) is 24.3 Å². The van der Waals surface area contributed by atoms with E-state index in [9.17, 15) is 18.0 Å². The van der Waals surface area contributed by atoms with E-state index in [1.54, 1.807) is 18.2 Å². The van der Waals surface area contributed by atoms with Crippen LogP contribution in [-0.4, -0.2) is 19.6 Å². The van der Waals surface area contributed by atoms with E-state index in [-0.39, 0.29) is 12.1 Å². The number of carbonyl (C=O) groups excluding carboxylic acids is 1. The fraction of sp³-hybridized carbons (Fsp3) is 0.235. The van der Waals surface area contributed by atoms with Crippen LogP contribution < -0.4 is 15.4 Å². The molecule has 0 atom stereocenters. The lowest BCUT2D eigenvalue weighted by Gasteiger charge is -2.11. The molecule has 2 aromatic rings. The van der Waals surface area contributed by atoms with Crippen molar-refractivity contribution in [1.82, 2.24) is 0 Å². The highest BCUT2D eigenvalue weighted by Gasteiger charge is 2.30. The predicted octanol–water partition coefficient (Wildman–Crippen LogP) is 4.81. The summed E-state index contributed by atoms with van der Waals surface area (Å²) in [7, 11) is 1.51. The van der Waals surface area contributed by atoms with Gasteiger partial charge in [0, 0.05) is 24.3 Å². The Morgan fingerprint density at radius 2 is 1.92 bits per heavy atom. The van der Waals surface area contributed by atoms with Crippen LogP contribution in [0.4, 0.5) is 24.5 Å². The van der Waals surface area contributed by atoms with Gasteiger partial charge in [0.1, 0.15) is 5.75 Å². The second-order valence-corrected chi connectivity index (χ2v) is 5.56. The number of alkyl halides is 3. The Bertz CT molecular complexity index is 751. The zero-order valence-corrected chi connectivity index (χ0v) is 14.0. The van der Waals surface area contributed by atoms with Gasteiger partial charge in [0.25, 0.3) is 0 Å². The molecule has 0 aliphatic carbocycles. The van der Waals surface area contributed by atoms with Crippen LogP contribution >= 0.6 is 11.6 Å². The molecule has 1 amide bonds. The highest BCUT2D eigenvalue weighted by molar-refractivity contribution is 6.32. The summed E-state index contributed by atoms with van der Waals surface area (Å²) in [4.78, 5) is 11.9. The van der Waals surface area contributed by atoms with Gasteiger partial charge in [0.2, 0.25) is 5.91 Å². The van der Waals surface area contributed by atoms with Crippen molar-refractivity contribution in [3.8, 4) is 5.75 Å². The first-order valence-electron chi connectivity index (χ1n) is 7.34. The largest absolute Gasteiger partial charge is 0.495 e. The molecule has 0 aliphatic rings. The molecule has 4 nitrogen and oxygen atoms in total. The summed E-state index contributed by atoms with van der Waals surface area (Å²) < 4.78 is 43.0. The summed E-state index contributed by atoms with van der Waals surface area (Å²) in [6, 6.07) is 9.59. The maximum Gasteiger partial charge on any atom is 0.416 e. The number of methoxy groups -OCH3 is 1. The van der Waals surface area contributed by atoms with Crippen LogP contribution in [0.25, 0.3) is 0 Å². The van der Waals surface area contributed by atoms with Crippen LogP contribution in [0.5, 0.6) is 5.75 Å².